The summed E-state index contributed by atoms with van der Waals surface area (Å²) in [5.41, 5.74) is 1.09. The number of nitrogens with zero attached hydrogens (tertiary/aromatic N) is 3. The fourth-order valence-corrected chi connectivity index (χ4v) is 3.12. The quantitative estimate of drug-likeness (QED) is 0.840. The van der Waals surface area contributed by atoms with Crippen molar-refractivity contribution < 1.29 is 18.3 Å². The minimum Gasteiger partial charge on any atom is -0.492 e. The summed E-state index contributed by atoms with van der Waals surface area (Å²) in [6.07, 6.45) is 7.74. The second-order valence-corrected chi connectivity index (χ2v) is 6.19. The molecule has 0 fully saturated rings. The van der Waals surface area contributed by atoms with Gasteiger partial charge in [-0.05, 0) is 30.7 Å². The minimum absolute atomic E-state index is 0.0702. The maximum Gasteiger partial charge on any atom is 0.276 e. The molecular weight excluding hydrogens is 340 g/mol. The van der Waals surface area contributed by atoms with E-state index in [2.05, 4.69) is 11.2 Å². The summed E-state index contributed by atoms with van der Waals surface area (Å²) in [5.74, 6) is -0.903. The average Bonchev–Trinajstić information content (AvgIpc) is 3.06. The highest BCUT2D eigenvalue weighted by molar-refractivity contribution is 6.05. The molecule has 7 heteroatoms. The molecule has 0 radical (unpaired) electrons. The van der Waals surface area contributed by atoms with Crippen molar-refractivity contribution in [3.63, 3.8) is 0 Å². The number of anilines is 1. The summed E-state index contributed by atoms with van der Waals surface area (Å²) in [4.78, 5) is 14.0. The predicted octanol–water partition coefficient (Wildman–Crippen LogP) is 3.57. The number of aromatic nitrogens is 2. The summed E-state index contributed by atoms with van der Waals surface area (Å²) >= 11 is 0. The average molecular weight is 357 g/mol. The van der Waals surface area contributed by atoms with E-state index in [1.54, 1.807) is 10.7 Å². The molecule has 2 aromatic rings. The Balaban J connectivity index is 1.52. The smallest absolute Gasteiger partial charge is 0.276 e. The van der Waals surface area contributed by atoms with Crippen LogP contribution in [0.25, 0.3) is 0 Å². The number of ether oxygens (including phenoxy) is 1. The van der Waals surface area contributed by atoms with Crippen molar-refractivity contribution in [1.82, 2.24) is 9.78 Å². The number of fused-ring (bicyclic) bond motifs is 1. The molecule has 0 saturated heterocycles. The maximum atomic E-state index is 14.0. The molecule has 1 aromatic carbocycles. The molecule has 0 atom stereocenters. The number of rotatable bonds is 4. The van der Waals surface area contributed by atoms with Crippen LogP contribution >= 0.6 is 0 Å². The third-order valence-electron chi connectivity index (χ3n) is 4.41. The van der Waals surface area contributed by atoms with Gasteiger partial charge in [0.05, 0.1) is 18.0 Å². The molecule has 2 aliphatic rings. The number of hydrogen-bond acceptors (Lipinski definition) is 3. The Kier molecular flexibility index (Phi) is 4.28. The summed E-state index contributed by atoms with van der Waals surface area (Å²) in [7, 11) is 0. The second kappa shape index (κ2) is 6.74. The van der Waals surface area contributed by atoms with Crippen molar-refractivity contribution in [2.24, 2.45) is 0 Å². The largest absolute Gasteiger partial charge is 0.492 e. The number of carbonyl (C=O) groups excluding carboxylic acids is 1. The summed E-state index contributed by atoms with van der Waals surface area (Å²) in [6.45, 7) is 0.980. The van der Waals surface area contributed by atoms with Gasteiger partial charge < -0.3 is 9.64 Å². The van der Waals surface area contributed by atoms with E-state index < -0.39 is 11.6 Å². The fourth-order valence-electron chi connectivity index (χ4n) is 3.12. The molecule has 26 heavy (non-hydrogen) atoms. The number of hydrogen-bond donors (Lipinski definition) is 0. The number of allylic oxidation sites excluding steroid dienone is 4. The van der Waals surface area contributed by atoms with Crippen LogP contribution in [0.1, 0.15) is 29.0 Å². The topological polar surface area (TPSA) is 47.4 Å². The lowest BCUT2D eigenvalue weighted by atomic mass is 10.2. The third kappa shape index (κ3) is 3.12. The molecule has 0 spiro atoms. The molecule has 1 amide bonds. The van der Waals surface area contributed by atoms with Crippen LogP contribution in [0.2, 0.25) is 0 Å². The van der Waals surface area contributed by atoms with Gasteiger partial charge in [-0.2, -0.15) is 5.10 Å². The lowest BCUT2D eigenvalue weighted by Gasteiger charge is -2.27. The van der Waals surface area contributed by atoms with Crippen LogP contribution in [-0.4, -0.2) is 22.2 Å². The van der Waals surface area contributed by atoms with E-state index in [-0.39, 0.29) is 24.7 Å². The van der Waals surface area contributed by atoms with Crippen LogP contribution in [0.3, 0.4) is 0 Å². The summed E-state index contributed by atoms with van der Waals surface area (Å²) in [5, 5.41) is 4.40. The Hall–Kier alpha value is -2.96. The highest BCUT2D eigenvalue weighted by Gasteiger charge is 2.29. The maximum absolute atomic E-state index is 14.0. The van der Waals surface area contributed by atoms with Gasteiger partial charge in [-0.3, -0.25) is 9.48 Å². The normalized spacial score (nSPS) is 16.5. The summed E-state index contributed by atoms with van der Waals surface area (Å²) < 4.78 is 34.5. The van der Waals surface area contributed by atoms with Gasteiger partial charge in [0.2, 0.25) is 0 Å². The Labute approximate surface area is 149 Å². The second-order valence-electron chi connectivity index (χ2n) is 6.19. The first-order chi connectivity index (χ1) is 12.6. The number of amides is 1. The van der Waals surface area contributed by atoms with Crippen molar-refractivity contribution in [2.45, 2.75) is 26.0 Å². The van der Waals surface area contributed by atoms with E-state index in [4.69, 9.17) is 4.74 Å². The van der Waals surface area contributed by atoms with Crippen molar-refractivity contribution >= 4 is 11.6 Å². The molecule has 4 rings (SSSR count). The van der Waals surface area contributed by atoms with Crippen molar-refractivity contribution in [2.75, 3.05) is 11.4 Å². The van der Waals surface area contributed by atoms with E-state index in [1.165, 1.54) is 11.0 Å². The monoisotopic (exact) mass is 357 g/mol. The molecule has 1 aliphatic carbocycles. The first-order valence-electron chi connectivity index (χ1n) is 8.44. The molecule has 1 aliphatic heterocycles. The Morgan fingerprint density at radius 3 is 2.85 bits per heavy atom. The predicted molar refractivity (Wildman–Crippen MR) is 91.5 cm³/mol. The Morgan fingerprint density at radius 1 is 1.19 bits per heavy atom. The van der Waals surface area contributed by atoms with Crippen LogP contribution in [0.5, 0.6) is 0 Å². The van der Waals surface area contributed by atoms with Crippen LogP contribution in [0.15, 0.2) is 48.3 Å². The highest BCUT2D eigenvalue weighted by Crippen LogP contribution is 2.25. The molecule has 0 N–H and O–H groups in total. The SMILES string of the molecule is O=C1c2cc(COC3=CC=CCC3)nn2CCN1c1ccc(F)cc1F. The minimum atomic E-state index is -0.757. The number of benzene rings is 1. The van der Waals surface area contributed by atoms with Gasteiger partial charge in [0.25, 0.3) is 5.91 Å². The van der Waals surface area contributed by atoms with Crippen LogP contribution in [-0.2, 0) is 17.9 Å². The standard InChI is InChI=1S/C19H17F2N3O2/c20-13-6-7-17(16(21)10-13)23-8-9-24-18(19(23)25)11-14(22-24)12-26-15-4-2-1-3-5-15/h1-2,4,6-7,10-11H,3,5,8-9,12H2. The zero-order valence-electron chi connectivity index (χ0n) is 14.0. The zero-order chi connectivity index (χ0) is 18.1. The van der Waals surface area contributed by atoms with Gasteiger partial charge in [0.1, 0.15) is 29.6 Å². The van der Waals surface area contributed by atoms with E-state index in [9.17, 15) is 13.6 Å². The molecule has 5 nitrogen and oxygen atoms in total. The Morgan fingerprint density at radius 2 is 2.08 bits per heavy atom. The van der Waals surface area contributed by atoms with Gasteiger partial charge >= 0.3 is 0 Å². The van der Waals surface area contributed by atoms with Crippen molar-refractivity contribution in [3.05, 3.63) is 71.3 Å². The molecule has 0 saturated carbocycles. The van der Waals surface area contributed by atoms with Crippen LogP contribution in [0, 0.1) is 11.6 Å². The van der Waals surface area contributed by atoms with Gasteiger partial charge in [-0.15, -0.1) is 0 Å². The van der Waals surface area contributed by atoms with Crippen molar-refractivity contribution in [1.29, 1.82) is 0 Å². The molecule has 0 unspecified atom stereocenters. The number of halogens is 2. The summed E-state index contributed by atoms with van der Waals surface area (Å²) in [6, 6.07) is 4.86. The van der Waals surface area contributed by atoms with Gasteiger partial charge in [0.15, 0.2) is 0 Å². The third-order valence-corrected chi connectivity index (χ3v) is 4.41. The number of carbonyl (C=O) groups is 1. The van der Waals surface area contributed by atoms with E-state index in [0.717, 1.165) is 30.7 Å². The first-order valence-corrected chi connectivity index (χ1v) is 8.44. The van der Waals surface area contributed by atoms with E-state index >= 15 is 0 Å². The molecular formula is C19H17F2N3O2. The van der Waals surface area contributed by atoms with Crippen molar-refractivity contribution in [3.8, 4) is 0 Å². The molecule has 1 aromatic heterocycles. The van der Waals surface area contributed by atoms with Crippen LogP contribution < -0.4 is 4.90 Å². The lowest BCUT2D eigenvalue weighted by Crippen LogP contribution is -2.40. The highest BCUT2D eigenvalue weighted by atomic mass is 19.1. The molecule has 134 valence electrons. The van der Waals surface area contributed by atoms with Crippen LogP contribution in [0.4, 0.5) is 14.5 Å². The Bertz CT molecular complexity index is 918. The fraction of sp³-hybridized carbons (Fsp3) is 0.263. The van der Waals surface area contributed by atoms with Gasteiger partial charge in [-0.1, -0.05) is 12.2 Å². The van der Waals surface area contributed by atoms with E-state index in [1.807, 2.05) is 12.2 Å². The lowest BCUT2D eigenvalue weighted by molar-refractivity contribution is 0.0961. The van der Waals surface area contributed by atoms with E-state index in [0.29, 0.717) is 17.9 Å². The first kappa shape index (κ1) is 16.5. The molecule has 2 heterocycles. The van der Waals surface area contributed by atoms with Gasteiger partial charge in [0, 0.05) is 19.0 Å². The molecule has 0 bridgehead atoms. The zero-order valence-corrected chi connectivity index (χ0v) is 14.0. The van der Waals surface area contributed by atoms with Gasteiger partial charge in [-0.25, -0.2) is 8.78 Å².